The minimum atomic E-state index is -4.94. The van der Waals surface area contributed by atoms with Crippen LogP contribution in [0.1, 0.15) is 57.4 Å². The monoisotopic (exact) mass is 699 g/mol. The van der Waals surface area contributed by atoms with Crippen LogP contribution in [0.3, 0.4) is 0 Å². The maximum absolute atomic E-state index is 15.9. The lowest BCUT2D eigenvalue weighted by Gasteiger charge is -2.34. The van der Waals surface area contributed by atoms with Crippen LogP contribution in [0.15, 0.2) is 59.5 Å². The van der Waals surface area contributed by atoms with Crippen molar-refractivity contribution in [2.45, 2.75) is 58.0 Å². The van der Waals surface area contributed by atoms with E-state index in [-0.39, 0.29) is 54.9 Å². The van der Waals surface area contributed by atoms with E-state index < -0.39 is 65.3 Å². The van der Waals surface area contributed by atoms with E-state index in [0.29, 0.717) is 27.5 Å². The van der Waals surface area contributed by atoms with Gasteiger partial charge in [-0.1, -0.05) is 6.07 Å². The molecule has 2 aliphatic heterocycles. The Balaban J connectivity index is 1.58. The van der Waals surface area contributed by atoms with Gasteiger partial charge in [-0.05, 0) is 97.8 Å². The first kappa shape index (κ1) is 35.2. The fourth-order valence-corrected chi connectivity index (χ4v) is 6.82. The molecule has 264 valence electrons. The number of rotatable bonds is 6. The van der Waals surface area contributed by atoms with E-state index in [1.807, 2.05) is 19.9 Å². The topological polar surface area (TPSA) is 83.8 Å². The molecule has 0 saturated carbocycles. The second kappa shape index (κ2) is 13.6. The van der Waals surface area contributed by atoms with E-state index in [9.17, 15) is 32.3 Å². The van der Waals surface area contributed by atoms with E-state index in [4.69, 9.17) is 4.74 Å². The third kappa shape index (κ3) is 6.88. The molecule has 6 rings (SSSR count). The number of aliphatic hydroxyl groups excluding tert-OH is 1. The molecule has 2 aliphatic rings. The average molecular weight is 700 g/mol. The molecule has 50 heavy (non-hydrogen) atoms. The molecule has 13 heteroatoms. The number of halogens is 6. The normalized spacial score (nSPS) is 18.2. The molecule has 2 unspecified atom stereocenters. The molecule has 7 nitrogen and oxygen atoms in total. The molecule has 1 saturated heterocycles. The minimum absolute atomic E-state index is 0.000302. The van der Waals surface area contributed by atoms with Gasteiger partial charge in [-0.15, -0.1) is 0 Å². The molecule has 0 radical (unpaired) electrons. The molecule has 0 aliphatic carbocycles. The third-order valence-electron chi connectivity index (χ3n) is 9.22. The molecule has 4 bridgehead atoms. The highest BCUT2D eigenvalue weighted by atomic mass is 19.4. The summed E-state index contributed by atoms with van der Waals surface area (Å²) in [6.07, 6.45) is -5.58. The number of alkyl halides is 4. The van der Waals surface area contributed by atoms with Gasteiger partial charge >= 0.3 is 6.18 Å². The fraction of sp³-hybridized carbons (Fsp3) is 0.351. The van der Waals surface area contributed by atoms with Crippen LogP contribution in [-0.4, -0.2) is 52.9 Å². The van der Waals surface area contributed by atoms with Crippen LogP contribution in [0, 0.1) is 32.4 Å². The predicted octanol–water partition coefficient (Wildman–Crippen LogP) is 6.87. The number of hydrogen-bond acceptors (Lipinski definition) is 5. The Morgan fingerprint density at radius 3 is 2.38 bits per heavy atom. The maximum Gasteiger partial charge on any atom is 0.416 e. The number of fused-ring (bicyclic) bond motifs is 6. The van der Waals surface area contributed by atoms with Gasteiger partial charge in [0.15, 0.2) is 0 Å². The summed E-state index contributed by atoms with van der Waals surface area (Å²) in [6, 6.07) is 7.61. The first-order valence-electron chi connectivity index (χ1n) is 16.1. The van der Waals surface area contributed by atoms with Crippen LogP contribution in [0.25, 0.3) is 11.1 Å². The Hall–Kier alpha value is -4.62. The van der Waals surface area contributed by atoms with Crippen molar-refractivity contribution < 1.29 is 41.0 Å². The summed E-state index contributed by atoms with van der Waals surface area (Å²) >= 11 is 0. The number of aliphatic hydroxyl groups is 1. The molecule has 3 heterocycles. The highest BCUT2D eigenvalue weighted by molar-refractivity contribution is 5.85. The zero-order chi connectivity index (χ0) is 36.1. The molecule has 1 fully saturated rings. The van der Waals surface area contributed by atoms with E-state index in [0.717, 1.165) is 23.4 Å². The van der Waals surface area contributed by atoms with Gasteiger partial charge in [-0.25, -0.2) is 13.2 Å². The molecule has 2 N–H and O–H groups in total. The predicted molar refractivity (Wildman–Crippen MR) is 174 cm³/mol. The summed E-state index contributed by atoms with van der Waals surface area (Å²) in [5, 5.41) is 12.6. The van der Waals surface area contributed by atoms with Crippen LogP contribution in [0.4, 0.5) is 26.3 Å². The van der Waals surface area contributed by atoms with Crippen molar-refractivity contribution in [2.75, 3.05) is 26.2 Å². The molecule has 4 aromatic rings. The van der Waals surface area contributed by atoms with E-state index >= 15 is 8.78 Å². The van der Waals surface area contributed by atoms with Gasteiger partial charge in [0.1, 0.15) is 35.3 Å². The number of nitrogens with zero attached hydrogens (tertiary/aromatic N) is 2. The van der Waals surface area contributed by atoms with Gasteiger partial charge in [0.05, 0.1) is 11.6 Å². The first-order chi connectivity index (χ1) is 23.6. The van der Waals surface area contributed by atoms with Gasteiger partial charge in [-0.2, -0.15) is 13.2 Å². The summed E-state index contributed by atoms with van der Waals surface area (Å²) < 4.78 is 94.8. The van der Waals surface area contributed by atoms with Crippen LogP contribution in [-0.2, 0) is 17.4 Å². The number of aryl methyl sites for hydroxylation is 3. The number of benzene rings is 3. The van der Waals surface area contributed by atoms with Gasteiger partial charge in [0.25, 0.3) is 5.56 Å². The van der Waals surface area contributed by atoms with E-state index in [1.54, 1.807) is 24.0 Å². The molecule has 2 atom stereocenters. The van der Waals surface area contributed by atoms with Crippen molar-refractivity contribution in [3.8, 4) is 22.6 Å². The summed E-state index contributed by atoms with van der Waals surface area (Å²) in [5.74, 6) is -2.28. The lowest BCUT2D eigenvalue weighted by Crippen LogP contribution is -2.49. The summed E-state index contributed by atoms with van der Waals surface area (Å²) in [6.45, 7) is 4.88. The number of hydrogen-bond donors (Lipinski definition) is 2. The highest BCUT2D eigenvalue weighted by Gasteiger charge is 2.37. The Morgan fingerprint density at radius 2 is 1.70 bits per heavy atom. The number of pyridine rings is 1. The van der Waals surface area contributed by atoms with Gasteiger partial charge < -0.3 is 15.2 Å². The Bertz CT molecular complexity index is 2020. The summed E-state index contributed by atoms with van der Waals surface area (Å²) in [7, 11) is 0. The van der Waals surface area contributed by atoms with Crippen molar-refractivity contribution in [1.29, 1.82) is 0 Å². The second-order valence-corrected chi connectivity index (χ2v) is 13.0. The standard InChI is InChI=1S/C37H35F6N3O4/c1-19-10-20(2)33-23-12-21(3)34(40)27(13-23)30(7-9-47)44-36(49)35(26-14-25(4-5-29(26)39)50-31(33)11-19)46-16-22(6-8-45-17-24(38)18-45)28(15-32(46)48)37(41,42)43/h4-5,10-16,24,30,35,47H,6-9,17-18H2,1-3H3,(H,44,49). The number of likely N-dealkylation sites (tertiary alicyclic amines) is 1. The molecule has 3 aromatic carbocycles. The number of aromatic nitrogens is 1. The molecule has 1 aromatic heterocycles. The maximum atomic E-state index is 15.9. The lowest BCUT2D eigenvalue weighted by atomic mass is 9.91. The van der Waals surface area contributed by atoms with E-state index in [2.05, 4.69) is 5.32 Å². The largest absolute Gasteiger partial charge is 0.457 e. The van der Waals surface area contributed by atoms with Crippen molar-refractivity contribution in [3.63, 3.8) is 0 Å². The number of nitrogens with one attached hydrogen (secondary N) is 1. The van der Waals surface area contributed by atoms with Crippen molar-refractivity contribution in [1.82, 2.24) is 14.8 Å². The van der Waals surface area contributed by atoms with Gasteiger partial charge in [-0.3, -0.25) is 19.1 Å². The van der Waals surface area contributed by atoms with Gasteiger partial charge in [0, 0.05) is 55.2 Å². The van der Waals surface area contributed by atoms with Crippen molar-refractivity contribution in [2.24, 2.45) is 0 Å². The van der Waals surface area contributed by atoms with Crippen LogP contribution < -0.4 is 15.6 Å². The zero-order valence-corrected chi connectivity index (χ0v) is 27.5. The minimum Gasteiger partial charge on any atom is -0.457 e. The fourth-order valence-electron chi connectivity index (χ4n) is 6.82. The van der Waals surface area contributed by atoms with Crippen LogP contribution in [0.5, 0.6) is 11.5 Å². The van der Waals surface area contributed by atoms with Gasteiger partial charge in [0.2, 0.25) is 5.91 Å². The van der Waals surface area contributed by atoms with Crippen LogP contribution in [0.2, 0.25) is 0 Å². The van der Waals surface area contributed by atoms with E-state index in [1.165, 1.54) is 18.2 Å². The summed E-state index contributed by atoms with van der Waals surface area (Å²) in [4.78, 5) is 29.5. The Kier molecular flexibility index (Phi) is 9.57. The summed E-state index contributed by atoms with van der Waals surface area (Å²) in [5.41, 5.74) is -0.258. The molecule has 1 amide bonds. The lowest BCUT2D eigenvalue weighted by molar-refractivity contribution is -0.138. The van der Waals surface area contributed by atoms with Crippen molar-refractivity contribution >= 4 is 5.91 Å². The average Bonchev–Trinajstić information content (AvgIpc) is 3.02. The first-order valence-corrected chi connectivity index (χ1v) is 16.1. The number of carbonyl (C=O) groups excluding carboxylic acids is 1. The number of ether oxygens (including phenoxy) is 1. The third-order valence-corrected chi connectivity index (χ3v) is 9.22. The molecule has 0 spiro atoms. The smallest absolute Gasteiger partial charge is 0.416 e. The Labute approximate surface area is 284 Å². The molecular formula is C37H35F6N3O4. The quantitative estimate of drug-likeness (QED) is 0.215. The number of carbonyl (C=O) groups is 1. The number of amides is 1. The van der Waals surface area contributed by atoms with Crippen LogP contribution >= 0.6 is 0 Å². The zero-order valence-electron chi connectivity index (χ0n) is 27.5. The Morgan fingerprint density at radius 1 is 0.960 bits per heavy atom. The highest BCUT2D eigenvalue weighted by Crippen LogP contribution is 2.41. The second-order valence-electron chi connectivity index (χ2n) is 13.0. The van der Waals surface area contributed by atoms with Crippen molar-refractivity contribution in [3.05, 3.63) is 116 Å². The SMILES string of the molecule is Cc1cc(C)c2c(c1)Oc1ccc(F)c(c1)C(n1cc(CCN3CC(F)C3)c(C(F)(F)F)cc1=O)C(=O)NC(CCO)c1cc-2cc(C)c1F. The molecular weight excluding hydrogens is 664 g/mol.